The van der Waals surface area contributed by atoms with Crippen LogP contribution >= 0.6 is 11.5 Å². The van der Waals surface area contributed by atoms with E-state index in [4.69, 9.17) is 0 Å². The number of hydrogen-bond donors (Lipinski definition) is 3. The summed E-state index contributed by atoms with van der Waals surface area (Å²) in [6.07, 6.45) is 0. The molecule has 88 valence electrons. The first-order valence-electron chi connectivity index (χ1n) is 4.66. The number of nitrogens with one attached hydrogen (secondary N) is 3. The second kappa shape index (κ2) is 5.40. The Labute approximate surface area is 96.8 Å². The number of carbonyl (C=O) groups excluding carboxylic acids is 2. The van der Waals surface area contributed by atoms with E-state index in [0.29, 0.717) is 5.00 Å². The SMILES string of the molecule is CNC(=O)Nc1snnc1C(=O)NC(C)C. The summed E-state index contributed by atoms with van der Waals surface area (Å²) in [5, 5.41) is 11.5. The number of amides is 3. The van der Waals surface area contributed by atoms with Crippen LogP contribution in [0.5, 0.6) is 0 Å². The molecule has 1 aromatic rings. The van der Waals surface area contributed by atoms with Crippen LogP contribution in [0.4, 0.5) is 9.80 Å². The van der Waals surface area contributed by atoms with E-state index in [1.54, 1.807) is 0 Å². The third kappa shape index (κ3) is 3.16. The van der Waals surface area contributed by atoms with E-state index < -0.39 is 6.03 Å². The third-order valence-electron chi connectivity index (χ3n) is 1.58. The van der Waals surface area contributed by atoms with Gasteiger partial charge in [-0.2, -0.15) is 0 Å². The summed E-state index contributed by atoms with van der Waals surface area (Å²) in [7, 11) is 1.48. The highest BCUT2D eigenvalue weighted by Crippen LogP contribution is 2.17. The van der Waals surface area contributed by atoms with Crippen molar-refractivity contribution in [3.05, 3.63) is 5.69 Å². The minimum atomic E-state index is -0.412. The Morgan fingerprint density at radius 3 is 2.62 bits per heavy atom. The van der Waals surface area contributed by atoms with Gasteiger partial charge in [-0.1, -0.05) is 4.49 Å². The van der Waals surface area contributed by atoms with Crippen LogP contribution in [0.3, 0.4) is 0 Å². The van der Waals surface area contributed by atoms with E-state index in [9.17, 15) is 9.59 Å². The summed E-state index contributed by atoms with van der Waals surface area (Å²) in [6.45, 7) is 3.67. The van der Waals surface area contributed by atoms with Crippen LogP contribution in [0.1, 0.15) is 24.3 Å². The molecule has 0 aliphatic heterocycles. The summed E-state index contributed by atoms with van der Waals surface area (Å²) >= 11 is 0.955. The van der Waals surface area contributed by atoms with Crippen LogP contribution < -0.4 is 16.0 Å². The number of rotatable bonds is 3. The summed E-state index contributed by atoms with van der Waals surface area (Å²) in [5.74, 6) is -0.352. The molecule has 0 fully saturated rings. The molecule has 1 rings (SSSR count). The van der Waals surface area contributed by atoms with Crippen molar-refractivity contribution >= 4 is 28.5 Å². The molecule has 0 spiro atoms. The quantitative estimate of drug-likeness (QED) is 0.717. The maximum atomic E-state index is 11.6. The zero-order valence-corrected chi connectivity index (χ0v) is 10.0. The van der Waals surface area contributed by atoms with E-state index in [-0.39, 0.29) is 17.6 Å². The van der Waals surface area contributed by atoms with Gasteiger partial charge < -0.3 is 10.6 Å². The molecule has 3 amide bonds. The minimum Gasteiger partial charge on any atom is -0.348 e. The molecule has 7 nitrogen and oxygen atoms in total. The van der Waals surface area contributed by atoms with Crippen molar-refractivity contribution in [2.75, 3.05) is 12.4 Å². The number of hydrogen-bond acceptors (Lipinski definition) is 5. The zero-order chi connectivity index (χ0) is 12.1. The van der Waals surface area contributed by atoms with Gasteiger partial charge >= 0.3 is 6.03 Å². The normalized spacial score (nSPS) is 10.0. The molecule has 8 heteroatoms. The van der Waals surface area contributed by atoms with E-state index in [0.717, 1.165) is 11.5 Å². The summed E-state index contributed by atoms with van der Waals surface area (Å²) < 4.78 is 3.63. The van der Waals surface area contributed by atoms with Crippen molar-refractivity contribution in [3.8, 4) is 0 Å². The highest BCUT2D eigenvalue weighted by molar-refractivity contribution is 7.10. The second-order valence-corrected chi connectivity index (χ2v) is 4.04. The van der Waals surface area contributed by atoms with Crippen molar-refractivity contribution in [2.45, 2.75) is 19.9 Å². The predicted octanol–water partition coefficient (Wildman–Crippen LogP) is 0.428. The fourth-order valence-electron chi connectivity index (χ4n) is 0.917. The Bertz CT molecular complexity index is 390. The number of carbonyl (C=O) groups is 2. The van der Waals surface area contributed by atoms with Crippen LogP contribution in [0.2, 0.25) is 0 Å². The molecule has 0 saturated heterocycles. The topological polar surface area (TPSA) is 96.0 Å². The highest BCUT2D eigenvalue weighted by Gasteiger charge is 2.18. The third-order valence-corrected chi connectivity index (χ3v) is 2.22. The van der Waals surface area contributed by atoms with Crippen molar-refractivity contribution < 1.29 is 9.59 Å². The molecule has 0 atom stereocenters. The van der Waals surface area contributed by atoms with E-state index >= 15 is 0 Å². The Balaban J connectivity index is 2.77. The monoisotopic (exact) mass is 243 g/mol. The fourth-order valence-corrected chi connectivity index (χ4v) is 1.48. The molecular weight excluding hydrogens is 230 g/mol. The van der Waals surface area contributed by atoms with Crippen LogP contribution in [0.25, 0.3) is 0 Å². The lowest BCUT2D eigenvalue weighted by Gasteiger charge is -2.07. The van der Waals surface area contributed by atoms with Gasteiger partial charge in [0.2, 0.25) is 0 Å². The van der Waals surface area contributed by atoms with Gasteiger partial charge in [0.05, 0.1) is 0 Å². The van der Waals surface area contributed by atoms with E-state index in [2.05, 4.69) is 25.5 Å². The van der Waals surface area contributed by atoms with Crippen LogP contribution in [0.15, 0.2) is 0 Å². The maximum absolute atomic E-state index is 11.6. The lowest BCUT2D eigenvalue weighted by molar-refractivity contribution is 0.0939. The molecule has 0 radical (unpaired) electrons. The molecular formula is C8H13N5O2S. The van der Waals surface area contributed by atoms with Crippen molar-refractivity contribution in [2.24, 2.45) is 0 Å². The van der Waals surface area contributed by atoms with Crippen molar-refractivity contribution in [3.63, 3.8) is 0 Å². The van der Waals surface area contributed by atoms with Gasteiger partial charge in [-0.3, -0.25) is 10.1 Å². The smallest absolute Gasteiger partial charge is 0.319 e. The molecule has 0 saturated carbocycles. The van der Waals surface area contributed by atoms with Crippen LogP contribution in [-0.2, 0) is 0 Å². The van der Waals surface area contributed by atoms with Crippen LogP contribution in [-0.4, -0.2) is 34.6 Å². The number of urea groups is 1. The minimum absolute atomic E-state index is 0.00190. The average Bonchev–Trinajstić information content (AvgIpc) is 2.64. The second-order valence-electron chi connectivity index (χ2n) is 3.28. The molecule has 3 N–H and O–H groups in total. The van der Waals surface area contributed by atoms with Crippen molar-refractivity contribution in [1.29, 1.82) is 0 Å². The van der Waals surface area contributed by atoms with Gasteiger partial charge in [0, 0.05) is 24.6 Å². The molecule has 0 aliphatic carbocycles. The van der Waals surface area contributed by atoms with Gasteiger partial charge in [-0.05, 0) is 13.8 Å². The van der Waals surface area contributed by atoms with Gasteiger partial charge in [-0.25, -0.2) is 4.79 Å². The fraction of sp³-hybridized carbons (Fsp3) is 0.500. The molecule has 1 aromatic heterocycles. The first-order valence-corrected chi connectivity index (χ1v) is 5.44. The molecule has 1 heterocycles. The van der Waals surface area contributed by atoms with E-state index in [1.165, 1.54) is 7.05 Å². The van der Waals surface area contributed by atoms with Crippen molar-refractivity contribution in [1.82, 2.24) is 20.2 Å². The number of anilines is 1. The lowest BCUT2D eigenvalue weighted by Crippen LogP contribution is -2.32. The molecule has 0 aliphatic rings. The predicted molar refractivity (Wildman–Crippen MR) is 60.6 cm³/mol. The number of aromatic nitrogens is 2. The Kier molecular flexibility index (Phi) is 4.18. The molecule has 0 aromatic carbocycles. The van der Waals surface area contributed by atoms with Gasteiger partial charge in [0.25, 0.3) is 5.91 Å². The van der Waals surface area contributed by atoms with Crippen LogP contribution in [0, 0.1) is 0 Å². The van der Waals surface area contributed by atoms with Gasteiger partial charge in [0.15, 0.2) is 10.7 Å². The molecule has 0 unspecified atom stereocenters. The molecule has 0 bridgehead atoms. The Morgan fingerprint density at radius 2 is 2.06 bits per heavy atom. The highest BCUT2D eigenvalue weighted by atomic mass is 32.1. The Hall–Kier alpha value is -1.70. The lowest BCUT2D eigenvalue weighted by atomic mass is 10.3. The zero-order valence-electron chi connectivity index (χ0n) is 9.20. The van der Waals surface area contributed by atoms with Gasteiger partial charge in [0.1, 0.15) is 0 Å². The van der Waals surface area contributed by atoms with Gasteiger partial charge in [-0.15, -0.1) is 5.10 Å². The average molecular weight is 243 g/mol. The largest absolute Gasteiger partial charge is 0.348 e. The van der Waals surface area contributed by atoms with E-state index in [1.807, 2.05) is 13.8 Å². The first-order chi connectivity index (χ1) is 7.54. The summed E-state index contributed by atoms with van der Waals surface area (Å²) in [5.41, 5.74) is 0.127. The number of nitrogens with zero attached hydrogens (tertiary/aromatic N) is 2. The first kappa shape index (κ1) is 12.4. The molecule has 16 heavy (non-hydrogen) atoms. The standard InChI is InChI=1S/C8H13N5O2S/c1-4(2)10-6(14)5-7(16-13-12-5)11-8(15)9-3/h4H,1-3H3,(H,10,14)(H2,9,11,15). The Morgan fingerprint density at radius 1 is 1.38 bits per heavy atom. The summed E-state index contributed by atoms with van der Waals surface area (Å²) in [4.78, 5) is 22.7. The maximum Gasteiger partial charge on any atom is 0.319 e. The summed E-state index contributed by atoms with van der Waals surface area (Å²) in [6, 6.07) is -0.410.